The topological polar surface area (TPSA) is 118 Å². The number of rotatable bonds is 6. The van der Waals surface area contributed by atoms with Gasteiger partial charge in [-0.2, -0.15) is 0 Å². The van der Waals surface area contributed by atoms with E-state index in [0.29, 0.717) is 27.7 Å². The van der Waals surface area contributed by atoms with Crippen LogP contribution in [0.25, 0.3) is 10.8 Å². The van der Waals surface area contributed by atoms with Gasteiger partial charge in [-0.15, -0.1) is 12.4 Å². The maximum absolute atomic E-state index is 12.8. The third-order valence-electron chi connectivity index (χ3n) is 3.90. The predicted molar refractivity (Wildman–Crippen MR) is 115 cm³/mol. The number of fused-ring (bicyclic) bond motifs is 1. The van der Waals surface area contributed by atoms with Gasteiger partial charge >= 0.3 is 0 Å². The van der Waals surface area contributed by atoms with E-state index in [9.17, 15) is 16.8 Å². The molecule has 0 aliphatic heterocycles. The van der Waals surface area contributed by atoms with E-state index in [1.54, 1.807) is 54.6 Å². The molecule has 0 unspecified atom stereocenters. The Kier molecular flexibility index (Phi) is 6.56. The van der Waals surface area contributed by atoms with Crippen molar-refractivity contribution in [1.29, 1.82) is 0 Å². The Morgan fingerprint density at radius 2 is 1.54 bits per heavy atom. The van der Waals surface area contributed by atoms with Crippen LogP contribution in [0.2, 0.25) is 0 Å². The Labute approximate surface area is 170 Å². The molecule has 0 spiro atoms. The van der Waals surface area contributed by atoms with Crippen molar-refractivity contribution < 1.29 is 16.8 Å². The summed E-state index contributed by atoms with van der Waals surface area (Å²) < 4.78 is 53.1. The lowest BCUT2D eigenvalue weighted by molar-refractivity contribution is 0.582. The number of nitrogens with one attached hydrogen (secondary N) is 2. The predicted octanol–water partition coefficient (Wildman–Crippen LogP) is 2.69. The standard InChI is InChI=1S/C18H19N3O4S2.ClH/c1-26(22,23)21-14-6-2-5-13(11-14)12-20-27(24,25)18-10-4-7-15-16(18)8-3-9-17(15)19;/h2-11,20-21H,12,19H2,1H3;1H. The maximum atomic E-state index is 12.8. The summed E-state index contributed by atoms with van der Waals surface area (Å²) in [4.78, 5) is 0.137. The van der Waals surface area contributed by atoms with E-state index in [-0.39, 0.29) is 23.8 Å². The summed E-state index contributed by atoms with van der Waals surface area (Å²) in [5, 5.41) is 1.21. The van der Waals surface area contributed by atoms with Crippen LogP contribution in [-0.2, 0) is 26.6 Å². The smallest absolute Gasteiger partial charge is 0.241 e. The van der Waals surface area contributed by atoms with Crippen molar-refractivity contribution in [3.8, 4) is 0 Å². The molecule has 3 rings (SSSR count). The summed E-state index contributed by atoms with van der Waals surface area (Å²) in [6.45, 7) is 0.0142. The van der Waals surface area contributed by atoms with Crippen LogP contribution in [0.3, 0.4) is 0 Å². The fraction of sp³-hybridized carbons (Fsp3) is 0.111. The van der Waals surface area contributed by atoms with Crippen LogP contribution < -0.4 is 15.2 Å². The molecule has 0 aromatic heterocycles. The van der Waals surface area contributed by atoms with E-state index in [1.165, 1.54) is 6.07 Å². The van der Waals surface area contributed by atoms with Gasteiger partial charge in [0.2, 0.25) is 20.0 Å². The molecule has 0 heterocycles. The van der Waals surface area contributed by atoms with Crippen LogP contribution >= 0.6 is 12.4 Å². The fourth-order valence-corrected chi connectivity index (χ4v) is 4.55. The fourth-order valence-electron chi connectivity index (χ4n) is 2.75. The van der Waals surface area contributed by atoms with Crippen LogP contribution in [-0.4, -0.2) is 23.1 Å². The second-order valence-corrected chi connectivity index (χ2v) is 9.58. The minimum absolute atomic E-state index is 0. The highest BCUT2D eigenvalue weighted by molar-refractivity contribution is 7.92. The lowest BCUT2D eigenvalue weighted by Crippen LogP contribution is -2.23. The average molecular weight is 442 g/mol. The minimum atomic E-state index is -3.79. The third-order valence-corrected chi connectivity index (χ3v) is 5.97. The zero-order valence-corrected chi connectivity index (χ0v) is 17.4. The highest BCUT2D eigenvalue weighted by atomic mass is 35.5. The molecule has 0 bridgehead atoms. The van der Waals surface area contributed by atoms with E-state index in [0.717, 1.165) is 6.26 Å². The Morgan fingerprint density at radius 3 is 2.25 bits per heavy atom. The first-order valence-electron chi connectivity index (χ1n) is 7.99. The van der Waals surface area contributed by atoms with Gasteiger partial charge in [0.05, 0.1) is 11.2 Å². The average Bonchev–Trinajstić information content (AvgIpc) is 2.59. The Bertz CT molecular complexity index is 1210. The normalized spacial score (nSPS) is 11.8. The summed E-state index contributed by atoms with van der Waals surface area (Å²) in [7, 11) is -7.20. The zero-order valence-electron chi connectivity index (χ0n) is 14.9. The highest BCUT2D eigenvalue weighted by Gasteiger charge is 2.17. The van der Waals surface area contributed by atoms with Gasteiger partial charge in [0, 0.05) is 28.7 Å². The van der Waals surface area contributed by atoms with Crippen molar-refractivity contribution in [2.75, 3.05) is 16.7 Å². The molecular weight excluding hydrogens is 422 g/mol. The third kappa shape index (κ3) is 5.14. The minimum Gasteiger partial charge on any atom is -0.398 e. The SMILES string of the molecule is CS(=O)(=O)Nc1cccc(CNS(=O)(=O)c2cccc3c(N)cccc23)c1.Cl. The first-order chi connectivity index (χ1) is 12.7. The van der Waals surface area contributed by atoms with Crippen molar-refractivity contribution in [2.45, 2.75) is 11.4 Å². The summed E-state index contributed by atoms with van der Waals surface area (Å²) in [5.74, 6) is 0. The lowest BCUT2D eigenvalue weighted by atomic mass is 10.1. The molecule has 0 aliphatic carbocycles. The lowest BCUT2D eigenvalue weighted by Gasteiger charge is -2.11. The van der Waals surface area contributed by atoms with Crippen LogP contribution in [0, 0.1) is 0 Å². The van der Waals surface area contributed by atoms with E-state index < -0.39 is 20.0 Å². The molecule has 0 saturated heterocycles. The molecule has 0 saturated carbocycles. The van der Waals surface area contributed by atoms with Crippen LogP contribution in [0.15, 0.2) is 65.6 Å². The second kappa shape index (κ2) is 8.36. The Hall–Kier alpha value is -2.33. The van der Waals surface area contributed by atoms with Gasteiger partial charge in [0.1, 0.15) is 0 Å². The van der Waals surface area contributed by atoms with Crippen molar-refractivity contribution >= 4 is 54.6 Å². The van der Waals surface area contributed by atoms with Crippen molar-refractivity contribution in [2.24, 2.45) is 0 Å². The molecule has 0 radical (unpaired) electrons. The molecule has 10 heteroatoms. The van der Waals surface area contributed by atoms with Crippen molar-refractivity contribution in [3.05, 3.63) is 66.2 Å². The summed E-state index contributed by atoms with van der Waals surface area (Å²) in [6.07, 6.45) is 1.05. The Morgan fingerprint density at radius 1 is 0.893 bits per heavy atom. The molecule has 3 aromatic carbocycles. The first kappa shape index (κ1) is 22.0. The summed E-state index contributed by atoms with van der Waals surface area (Å²) >= 11 is 0. The van der Waals surface area contributed by atoms with E-state index in [4.69, 9.17) is 5.73 Å². The van der Waals surface area contributed by atoms with Gasteiger partial charge < -0.3 is 5.73 Å². The second-order valence-electron chi connectivity index (χ2n) is 6.10. The van der Waals surface area contributed by atoms with Gasteiger partial charge in [0.25, 0.3) is 0 Å². The molecule has 0 atom stereocenters. The van der Waals surface area contributed by atoms with Crippen LogP contribution in [0.4, 0.5) is 11.4 Å². The zero-order chi connectivity index (χ0) is 19.7. The number of hydrogen-bond donors (Lipinski definition) is 3. The highest BCUT2D eigenvalue weighted by Crippen LogP contribution is 2.27. The van der Waals surface area contributed by atoms with Gasteiger partial charge in [-0.1, -0.05) is 36.4 Å². The molecule has 150 valence electrons. The quantitative estimate of drug-likeness (QED) is 0.508. The van der Waals surface area contributed by atoms with E-state index in [2.05, 4.69) is 9.44 Å². The van der Waals surface area contributed by atoms with Gasteiger partial charge in [0.15, 0.2) is 0 Å². The van der Waals surface area contributed by atoms with Crippen molar-refractivity contribution in [1.82, 2.24) is 4.72 Å². The number of nitrogens with two attached hydrogens (primary N) is 1. The van der Waals surface area contributed by atoms with Crippen LogP contribution in [0.5, 0.6) is 0 Å². The number of halogens is 1. The Balaban J connectivity index is 0.00000280. The molecule has 4 N–H and O–H groups in total. The van der Waals surface area contributed by atoms with E-state index in [1.807, 2.05) is 0 Å². The summed E-state index contributed by atoms with van der Waals surface area (Å²) in [6, 6.07) is 16.6. The summed E-state index contributed by atoms with van der Waals surface area (Å²) in [5.41, 5.74) is 7.42. The molecule has 0 amide bonds. The largest absolute Gasteiger partial charge is 0.398 e. The number of hydrogen-bond acceptors (Lipinski definition) is 5. The molecular formula is C18H20ClN3O4S2. The molecule has 0 fully saturated rings. The maximum Gasteiger partial charge on any atom is 0.241 e. The molecule has 0 aliphatic rings. The monoisotopic (exact) mass is 441 g/mol. The van der Waals surface area contributed by atoms with Gasteiger partial charge in [-0.05, 0) is 29.8 Å². The van der Waals surface area contributed by atoms with Crippen LogP contribution in [0.1, 0.15) is 5.56 Å². The molecule has 28 heavy (non-hydrogen) atoms. The molecule has 3 aromatic rings. The van der Waals surface area contributed by atoms with Crippen molar-refractivity contribution in [3.63, 3.8) is 0 Å². The number of benzene rings is 3. The van der Waals surface area contributed by atoms with E-state index >= 15 is 0 Å². The number of sulfonamides is 2. The number of anilines is 2. The van der Waals surface area contributed by atoms with Gasteiger partial charge in [-0.3, -0.25) is 4.72 Å². The van der Waals surface area contributed by atoms with Gasteiger partial charge in [-0.25, -0.2) is 21.6 Å². The molecule has 7 nitrogen and oxygen atoms in total. The first-order valence-corrected chi connectivity index (χ1v) is 11.4. The number of nitrogen functional groups attached to an aromatic ring is 1.